The first-order chi connectivity index (χ1) is 7.27. The number of hydrogen-bond acceptors (Lipinski definition) is 3. The van der Waals surface area contributed by atoms with Crippen LogP contribution in [0.5, 0.6) is 0 Å². The maximum absolute atomic E-state index is 4.31. The summed E-state index contributed by atoms with van der Waals surface area (Å²) in [7, 11) is 0. The number of rotatable bonds is 2. The van der Waals surface area contributed by atoms with Crippen LogP contribution in [0.4, 0.5) is 0 Å². The molecular formula is C11H14BrN3. The Hall–Kier alpha value is -1.03. The van der Waals surface area contributed by atoms with Crippen molar-refractivity contribution in [1.82, 2.24) is 10.6 Å². The summed E-state index contributed by atoms with van der Waals surface area (Å²) in [4.78, 5) is 4.31. The van der Waals surface area contributed by atoms with E-state index in [4.69, 9.17) is 0 Å². The zero-order valence-corrected chi connectivity index (χ0v) is 10.2. The predicted molar refractivity (Wildman–Crippen MR) is 66.0 cm³/mol. The van der Waals surface area contributed by atoms with Crippen molar-refractivity contribution in [2.24, 2.45) is 4.99 Å². The minimum Gasteiger partial charge on any atom is -0.355 e. The highest BCUT2D eigenvalue weighted by molar-refractivity contribution is 9.10. The van der Waals surface area contributed by atoms with Gasteiger partial charge in [0.25, 0.3) is 0 Å². The topological polar surface area (TPSA) is 36.4 Å². The predicted octanol–water partition coefficient (Wildman–Crippen LogP) is 2.06. The van der Waals surface area contributed by atoms with Crippen LogP contribution in [0.1, 0.15) is 18.5 Å². The summed E-state index contributed by atoms with van der Waals surface area (Å²) in [5.74, 6) is 0.901. The zero-order chi connectivity index (χ0) is 10.7. The lowest BCUT2D eigenvalue weighted by atomic mass is 10.1. The molecule has 1 heterocycles. The SMILES string of the molecule is C[C@H](NC1=NCCN1)c1ccccc1Br. The summed E-state index contributed by atoms with van der Waals surface area (Å²) in [6.45, 7) is 3.93. The van der Waals surface area contributed by atoms with E-state index in [2.05, 4.69) is 50.6 Å². The number of aliphatic imine (C=N–C) groups is 1. The quantitative estimate of drug-likeness (QED) is 0.861. The first-order valence-corrected chi connectivity index (χ1v) is 5.86. The first-order valence-electron chi connectivity index (χ1n) is 5.06. The smallest absolute Gasteiger partial charge is 0.191 e. The maximum Gasteiger partial charge on any atom is 0.191 e. The second kappa shape index (κ2) is 4.66. The van der Waals surface area contributed by atoms with E-state index in [0.717, 1.165) is 23.5 Å². The van der Waals surface area contributed by atoms with Crippen molar-refractivity contribution in [2.75, 3.05) is 13.1 Å². The Kier molecular flexibility index (Phi) is 3.26. The molecule has 0 fully saturated rings. The Balaban J connectivity index is 2.07. The standard InChI is InChI=1S/C11H14BrN3/c1-8(15-11-13-6-7-14-11)9-4-2-3-5-10(9)12/h2-5,8H,6-7H2,1H3,(H2,13,14,15)/t8-/m0/s1. The fourth-order valence-electron chi connectivity index (χ4n) is 1.60. The lowest BCUT2D eigenvalue weighted by molar-refractivity contribution is 0.699. The van der Waals surface area contributed by atoms with Crippen molar-refractivity contribution in [3.63, 3.8) is 0 Å². The molecule has 0 unspecified atom stereocenters. The summed E-state index contributed by atoms with van der Waals surface area (Å²) in [6.07, 6.45) is 0. The molecule has 0 saturated carbocycles. The summed E-state index contributed by atoms with van der Waals surface area (Å²) in [6, 6.07) is 8.48. The van der Waals surface area contributed by atoms with Crippen molar-refractivity contribution in [3.05, 3.63) is 34.3 Å². The van der Waals surface area contributed by atoms with Crippen molar-refractivity contribution < 1.29 is 0 Å². The molecule has 1 aliphatic heterocycles. The normalized spacial score (nSPS) is 16.8. The van der Waals surface area contributed by atoms with Crippen LogP contribution in [-0.4, -0.2) is 19.0 Å². The van der Waals surface area contributed by atoms with Gasteiger partial charge < -0.3 is 10.6 Å². The molecule has 0 bridgehead atoms. The van der Waals surface area contributed by atoms with E-state index >= 15 is 0 Å². The molecule has 1 aromatic carbocycles. The molecule has 80 valence electrons. The fourth-order valence-corrected chi connectivity index (χ4v) is 2.23. The van der Waals surface area contributed by atoms with Gasteiger partial charge in [-0.15, -0.1) is 0 Å². The van der Waals surface area contributed by atoms with Crippen molar-refractivity contribution >= 4 is 21.9 Å². The van der Waals surface area contributed by atoms with Gasteiger partial charge >= 0.3 is 0 Å². The molecule has 0 radical (unpaired) electrons. The minimum atomic E-state index is 0.255. The summed E-state index contributed by atoms with van der Waals surface area (Å²) >= 11 is 3.55. The van der Waals surface area contributed by atoms with Crippen LogP contribution >= 0.6 is 15.9 Å². The number of halogens is 1. The van der Waals surface area contributed by atoms with Gasteiger partial charge in [0.15, 0.2) is 5.96 Å². The van der Waals surface area contributed by atoms with E-state index in [1.807, 2.05) is 12.1 Å². The van der Waals surface area contributed by atoms with E-state index < -0.39 is 0 Å². The van der Waals surface area contributed by atoms with E-state index in [0.29, 0.717) is 0 Å². The van der Waals surface area contributed by atoms with Crippen molar-refractivity contribution in [3.8, 4) is 0 Å². The molecule has 1 aliphatic rings. The second-order valence-electron chi connectivity index (χ2n) is 3.54. The molecule has 2 N–H and O–H groups in total. The third kappa shape index (κ3) is 2.50. The number of guanidine groups is 1. The van der Waals surface area contributed by atoms with Crippen LogP contribution in [0.25, 0.3) is 0 Å². The fraction of sp³-hybridized carbons (Fsp3) is 0.364. The van der Waals surface area contributed by atoms with E-state index in [1.54, 1.807) is 0 Å². The molecule has 1 atom stereocenters. The van der Waals surface area contributed by atoms with Crippen LogP contribution in [0.15, 0.2) is 33.7 Å². The summed E-state index contributed by atoms with van der Waals surface area (Å²) in [5.41, 5.74) is 1.24. The Bertz CT molecular complexity index is 376. The average Bonchev–Trinajstić information content (AvgIpc) is 2.71. The van der Waals surface area contributed by atoms with Crippen LogP contribution in [-0.2, 0) is 0 Å². The van der Waals surface area contributed by atoms with Gasteiger partial charge in [-0.3, -0.25) is 4.99 Å². The van der Waals surface area contributed by atoms with Crippen LogP contribution in [0, 0.1) is 0 Å². The van der Waals surface area contributed by atoms with E-state index in [9.17, 15) is 0 Å². The highest BCUT2D eigenvalue weighted by Crippen LogP contribution is 2.22. The minimum absolute atomic E-state index is 0.255. The first kappa shape index (κ1) is 10.5. The third-order valence-electron chi connectivity index (χ3n) is 2.40. The lowest BCUT2D eigenvalue weighted by Gasteiger charge is -2.16. The van der Waals surface area contributed by atoms with E-state index in [-0.39, 0.29) is 6.04 Å². The van der Waals surface area contributed by atoms with Gasteiger partial charge in [-0.2, -0.15) is 0 Å². The molecule has 15 heavy (non-hydrogen) atoms. The number of nitrogens with zero attached hydrogens (tertiary/aromatic N) is 1. The molecule has 0 spiro atoms. The zero-order valence-electron chi connectivity index (χ0n) is 8.63. The molecule has 0 aliphatic carbocycles. The van der Waals surface area contributed by atoms with Gasteiger partial charge in [-0.05, 0) is 18.6 Å². The molecule has 0 aromatic heterocycles. The molecule has 3 nitrogen and oxygen atoms in total. The van der Waals surface area contributed by atoms with Crippen LogP contribution < -0.4 is 10.6 Å². The third-order valence-corrected chi connectivity index (χ3v) is 3.12. The number of benzene rings is 1. The summed E-state index contributed by atoms with van der Waals surface area (Å²) in [5, 5.41) is 6.55. The van der Waals surface area contributed by atoms with Gasteiger partial charge in [0, 0.05) is 11.0 Å². The molecule has 2 rings (SSSR count). The van der Waals surface area contributed by atoms with Crippen molar-refractivity contribution in [1.29, 1.82) is 0 Å². The summed E-state index contributed by atoms with van der Waals surface area (Å²) < 4.78 is 1.13. The lowest BCUT2D eigenvalue weighted by Crippen LogP contribution is -2.35. The Morgan fingerprint density at radius 3 is 2.93 bits per heavy atom. The monoisotopic (exact) mass is 267 g/mol. The van der Waals surface area contributed by atoms with Crippen molar-refractivity contribution in [2.45, 2.75) is 13.0 Å². The van der Waals surface area contributed by atoms with Crippen LogP contribution in [0.2, 0.25) is 0 Å². The Morgan fingerprint density at radius 1 is 1.47 bits per heavy atom. The molecule has 1 aromatic rings. The Morgan fingerprint density at radius 2 is 2.27 bits per heavy atom. The Labute approximate surface area is 98.1 Å². The second-order valence-corrected chi connectivity index (χ2v) is 4.40. The molecular weight excluding hydrogens is 254 g/mol. The number of nitrogens with one attached hydrogen (secondary N) is 2. The molecule has 4 heteroatoms. The largest absolute Gasteiger partial charge is 0.355 e. The van der Waals surface area contributed by atoms with Gasteiger partial charge in [-0.1, -0.05) is 34.1 Å². The molecule has 0 amide bonds. The highest BCUT2D eigenvalue weighted by Gasteiger charge is 2.12. The molecule has 0 saturated heterocycles. The van der Waals surface area contributed by atoms with E-state index in [1.165, 1.54) is 5.56 Å². The van der Waals surface area contributed by atoms with Gasteiger partial charge in [-0.25, -0.2) is 0 Å². The average molecular weight is 268 g/mol. The maximum atomic E-state index is 4.31. The van der Waals surface area contributed by atoms with Gasteiger partial charge in [0.2, 0.25) is 0 Å². The van der Waals surface area contributed by atoms with Gasteiger partial charge in [0.1, 0.15) is 0 Å². The van der Waals surface area contributed by atoms with Crippen LogP contribution in [0.3, 0.4) is 0 Å². The number of hydrogen-bond donors (Lipinski definition) is 2. The highest BCUT2D eigenvalue weighted by atomic mass is 79.9. The van der Waals surface area contributed by atoms with Gasteiger partial charge in [0.05, 0.1) is 12.6 Å².